The molecule has 4 heteroatoms. The number of carbonyl (C=O) groups is 2. The molecule has 1 N–H and O–H groups in total. The Morgan fingerprint density at radius 2 is 2.00 bits per heavy atom. The van der Waals surface area contributed by atoms with Crippen molar-refractivity contribution >= 4 is 11.8 Å². The summed E-state index contributed by atoms with van der Waals surface area (Å²) in [5.41, 5.74) is 5.08. The van der Waals surface area contributed by atoms with Crippen LogP contribution in [0.5, 0.6) is 0 Å². The van der Waals surface area contributed by atoms with E-state index in [4.69, 9.17) is 4.74 Å². The zero-order valence-corrected chi connectivity index (χ0v) is 15.6. The summed E-state index contributed by atoms with van der Waals surface area (Å²) in [5.74, 6) is -0.172. The number of aromatic nitrogens is 1. The van der Waals surface area contributed by atoms with E-state index in [2.05, 4.69) is 36.2 Å². The lowest BCUT2D eigenvalue weighted by molar-refractivity contribution is 0.0542. The summed E-state index contributed by atoms with van der Waals surface area (Å²) in [7, 11) is 0. The number of H-pyrrole nitrogens is 1. The zero-order chi connectivity index (χ0) is 18.7. The van der Waals surface area contributed by atoms with Gasteiger partial charge in [0.15, 0.2) is 5.78 Å². The Morgan fingerprint density at radius 1 is 1.27 bits per heavy atom. The lowest BCUT2D eigenvalue weighted by Gasteiger charge is -2.22. The van der Waals surface area contributed by atoms with Crippen molar-refractivity contribution in [3.8, 4) is 0 Å². The number of benzene rings is 1. The highest BCUT2D eigenvalue weighted by molar-refractivity contribution is 6.03. The highest BCUT2D eigenvalue weighted by Crippen LogP contribution is 2.35. The van der Waals surface area contributed by atoms with E-state index in [9.17, 15) is 9.59 Å². The lowest BCUT2D eigenvalue weighted by atomic mass is 9.81. The number of ketones is 1. The Kier molecular flexibility index (Phi) is 5.40. The Morgan fingerprint density at radius 3 is 2.65 bits per heavy atom. The molecule has 1 aromatic heterocycles. The average molecular weight is 351 g/mol. The minimum atomic E-state index is -0.411. The number of rotatable bonds is 5. The van der Waals surface area contributed by atoms with Gasteiger partial charge in [0.1, 0.15) is 12.3 Å². The minimum Gasteiger partial charge on any atom is -0.457 e. The third-order valence-electron chi connectivity index (χ3n) is 5.10. The fourth-order valence-corrected chi connectivity index (χ4v) is 3.59. The number of fused-ring (bicyclic) bond motifs is 1. The topological polar surface area (TPSA) is 59.2 Å². The molecule has 3 rings (SSSR count). The molecule has 4 nitrogen and oxygen atoms in total. The van der Waals surface area contributed by atoms with E-state index in [1.54, 1.807) is 6.08 Å². The number of Topliss-reactive ketones (excluding diaryl/α,β-unsaturated/α-hetero) is 1. The number of aromatic amines is 1. The van der Waals surface area contributed by atoms with Gasteiger partial charge in [-0.2, -0.15) is 0 Å². The molecule has 1 heterocycles. The molecule has 0 bridgehead atoms. The molecule has 26 heavy (non-hydrogen) atoms. The molecule has 0 saturated carbocycles. The molecule has 1 atom stereocenters. The molecule has 1 aliphatic rings. The molecule has 0 spiro atoms. The summed E-state index contributed by atoms with van der Waals surface area (Å²) >= 11 is 0. The number of nitrogens with one attached hydrogen (secondary N) is 1. The Hall–Kier alpha value is -2.62. The summed E-state index contributed by atoms with van der Waals surface area (Å²) in [4.78, 5) is 28.2. The molecule has 0 amide bonds. The van der Waals surface area contributed by atoms with Crippen molar-refractivity contribution in [2.45, 2.75) is 46.0 Å². The van der Waals surface area contributed by atoms with Crippen LogP contribution in [0.25, 0.3) is 0 Å². The summed E-state index contributed by atoms with van der Waals surface area (Å²) in [6.07, 6.45) is 5.82. The predicted molar refractivity (Wildman–Crippen MR) is 102 cm³/mol. The van der Waals surface area contributed by atoms with E-state index in [0.29, 0.717) is 23.2 Å². The van der Waals surface area contributed by atoms with Gasteiger partial charge in [-0.3, -0.25) is 4.79 Å². The number of carbonyl (C=O) groups excluding carboxylic acids is 2. The van der Waals surface area contributed by atoms with Crippen LogP contribution >= 0.6 is 0 Å². The first kappa shape index (κ1) is 18.2. The van der Waals surface area contributed by atoms with Crippen LogP contribution < -0.4 is 0 Å². The molecule has 0 aliphatic heterocycles. The Bertz CT molecular complexity index is 843. The largest absolute Gasteiger partial charge is 0.457 e. The van der Waals surface area contributed by atoms with Crippen molar-refractivity contribution in [3.05, 3.63) is 70.1 Å². The molecule has 136 valence electrons. The number of ether oxygens (including phenoxy) is 1. The predicted octanol–water partition coefficient (Wildman–Crippen LogP) is 4.53. The molecule has 1 unspecified atom stereocenters. The summed E-state index contributed by atoms with van der Waals surface area (Å²) in [6, 6.07) is 8.48. The van der Waals surface area contributed by atoms with Crippen molar-refractivity contribution in [1.82, 2.24) is 4.98 Å². The van der Waals surface area contributed by atoms with Crippen molar-refractivity contribution in [2.75, 3.05) is 6.61 Å². The fraction of sp³-hybridized carbons (Fsp3) is 0.364. The number of hydrogen-bond acceptors (Lipinski definition) is 3. The third kappa shape index (κ3) is 3.50. The minimum absolute atomic E-state index is 0.0945. The van der Waals surface area contributed by atoms with Crippen LogP contribution in [-0.2, 0) is 17.6 Å². The first-order chi connectivity index (χ1) is 12.5. The lowest BCUT2D eigenvalue weighted by Crippen LogP contribution is -2.18. The van der Waals surface area contributed by atoms with Gasteiger partial charge in [0, 0.05) is 17.7 Å². The van der Waals surface area contributed by atoms with E-state index in [0.717, 1.165) is 18.5 Å². The molecule has 0 fully saturated rings. The third-order valence-corrected chi connectivity index (χ3v) is 5.10. The van der Waals surface area contributed by atoms with Crippen molar-refractivity contribution in [2.24, 2.45) is 0 Å². The summed E-state index contributed by atoms with van der Waals surface area (Å²) < 4.78 is 5.23. The van der Waals surface area contributed by atoms with Crippen LogP contribution in [-0.4, -0.2) is 23.3 Å². The fourth-order valence-electron chi connectivity index (χ4n) is 3.59. The van der Waals surface area contributed by atoms with E-state index < -0.39 is 5.97 Å². The average Bonchev–Trinajstić information content (AvgIpc) is 2.99. The monoisotopic (exact) mass is 351 g/mol. The van der Waals surface area contributed by atoms with Gasteiger partial charge in [0.25, 0.3) is 0 Å². The smallest absolute Gasteiger partial charge is 0.355 e. The molecule has 0 radical (unpaired) electrons. The highest BCUT2D eigenvalue weighted by atomic mass is 16.5. The van der Waals surface area contributed by atoms with Crippen LogP contribution in [0.15, 0.2) is 36.4 Å². The normalized spacial score (nSPS) is 16.7. The second kappa shape index (κ2) is 7.73. The van der Waals surface area contributed by atoms with Crippen LogP contribution in [0.1, 0.15) is 69.4 Å². The number of esters is 1. The maximum absolute atomic E-state index is 12.7. The van der Waals surface area contributed by atoms with Crippen molar-refractivity contribution in [3.63, 3.8) is 0 Å². The van der Waals surface area contributed by atoms with Crippen molar-refractivity contribution in [1.29, 1.82) is 0 Å². The summed E-state index contributed by atoms with van der Waals surface area (Å²) in [5, 5.41) is 0. The first-order valence-electron chi connectivity index (χ1n) is 9.16. The molecule has 1 aromatic carbocycles. The first-order valence-corrected chi connectivity index (χ1v) is 9.16. The van der Waals surface area contributed by atoms with Crippen LogP contribution in [0.2, 0.25) is 0 Å². The second-order valence-electron chi connectivity index (χ2n) is 6.77. The van der Waals surface area contributed by atoms with E-state index in [-0.39, 0.29) is 18.3 Å². The van der Waals surface area contributed by atoms with Gasteiger partial charge in [-0.1, -0.05) is 43.3 Å². The molecule has 2 aromatic rings. The molecule has 0 saturated heterocycles. The van der Waals surface area contributed by atoms with E-state index in [1.165, 1.54) is 11.1 Å². The van der Waals surface area contributed by atoms with Gasteiger partial charge in [-0.05, 0) is 49.3 Å². The summed E-state index contributed by atoms with van der Waals surface area (Å²) in [6.45, 7) is 6.05. The molecular weight excluding hydrogens is 326 g/mol. The quantitative estimate of drug-likeness (QED) is 0.636. The maximum atomic E-state index is 12.7. The van der Waals surface area contributed by atoms with Gasteiger partial charge in [-0.25, -0.2) is 4.79 Å². The Balaban J connectivity index is 1.84. The van der Waals surface area contributed by atoms with Gasteiger partial charge in [0.2, 0.25) is 0 Å². The van der Waals surface area contributed by atoms with E-state index in [1.807, 2.05) is 19.9 Å². The number of aryl methyl sites for hydroxylation is 1. The molecular formula is C22H25NO3. The highest BCUT2D eigenvalue weighted by Gasteiger charge is 2.32. The van der Waals surface area contributed by atoms with Gasteiger partial charge in [-0.15, -0.1) is 0 Å². The molecule has 1 aliphatic carbocycles. The Labute approximate surface area is 154 Å². The van der Waals surface area contributed by atoms with Crippen LogP contribution in [0.4, 0.5) is 0 Å². The van der Waals surface area contributed by atoms with Crippen molar-refractivity contribution < 1.29 is 14.3 Å². The number of hydrogen-bond donors (Lipinski definition) is 1. The van der Waals surface area contributed by atoms with E-state index >= 15 is 0 Å². The van der Waals surface area contributed by atoms with Gasteiger partial charge in [0.05, 0.1) is 0 Å². The maximum Gasteiger partial charge on any atom is 0.355 e. The van der Waals surface area contributed by atoms with Crippen LogP contribution in [0.3, 0.4) is 0 Å². The standard InChI is InChI=1S/C22H25NO3/c1-4-6-11-26-22(25)21-14(3)20-18(23-21)12-17(13-19(20)24)16-9-7-15(5-2)8-10-16/h4,6-10,17,23H,5,11-13H2,1-3H3/b6-4+. The van der Waals surface area contributed by atoms with Gasteiger partial charge >= 0.3 is 5.97 Å². The SMILES string of the molecule is C/C=C/COC(=O)c1[nH]c2c(c1C)C(=O)CC(c1ccc(CC)cc1)C2. The second-order valence-corrected chi connectivity index (χ2v) is 6.77. The van der Waals surface area contributed by atoms with Crippen LogP contribution in [0, 0.1) is 6.92 Å². The van der Waals surface area contributed by atoms with Gasteiger partial charge < -0.3 is 9.72 Å². The zero-order valence-electron chi connectivity index (χ0n) is 15.6. The number of allylic oxidation sites excluding steroid dienone is 1.